The molecule has 0 saturated heterocycles. The van der Waals surface area contributed by atoms with E-state index in [9.17, 15) is 9.90 Å². The highest BCUT2D eigenvalue weighted by Gasteiger charge is 2.14. The van der Waals surface area contributed by atoms with Crippen molar-refractivity contribution in [3.63, 3.8) is 0 Å². The van der Waals surface area contributed by atoms with Gasteiger partial charge in [0, 0.05) is 17.3 Å². The van der Waals surface area contributed by atoms with Crippen LogP contribution in [-0.2, 0) is 12.8 Å². The lowest BCUT2D eigenvalue weighted by Gasteiger charge is -2.09. The number of rotatable bonds is 5. The van der Waals surface area contributed by atoms with Gasteiger partial charge in [0.15, 0.2) is 0 Å². The van der Waals surface area contributed by atoms with Crippen LogP contribution in [0.1, 0.15) is 21.6 Å². The minimum Gasteiger partial charge on any atom is -0.477 e. The summed E-state index contributed by atoms with van der Waals surface area (Å²) in [7, 11) is 0. The maximum atomic E-state index is 11.7. The number of aromatic carboxylic acids is 1. The van der Waals surface area contributed by atoms with E-state index >= 15 is 0 Å². The molecule has 0 fully saturated rings. The highest BCUT2D eigenvalue weighted by molar-refractivity contribution is 7.13. The molecule has 5 heteroatoms. The molecule has 0 amide bonds. The highest BCUT2D eigenvalue weighted by Crippen LogP contribution is 2.25. The van der Waals surface area contributed by atoms with Gasteiger partial charge in [0.1, 0.15) is 11.3 Å². The highest BCUT2D eigenvalue weighted by atomic mass is 32.1. The molecule has 4 nitrogen and oxygen atoms in total. The van der Waals surface area contributed by atoms with Gasteiger partial charge in [-0.25, -0.2) is 9.78 Å². The second-order valence-corrected chi connectivity index (χ2v) is 6.79. The topological polar surface area (TPSA) is 54.6 Å². The van der Waals surface area contributed by atoms with Crippen LogP contribution in [0.5, 0.6) is 0 Å². The number of imidazole rings is 1. The van der Waals surface area contributed by atoms with Crippen molar-refractivity contribution < 1.29 is 9.90 Å². The zero-order valence-corrected chi connectivity index (χ0v) is 14.2. The number of pyridine rings is 1. The molecule has 124 valence electrons. The summed E-state index contributed by atoms with van der Waals surface area (Å²) in [5.74, 6) is -0.924. The molecular weight excluding hydrogens is 332 g/mol. The number of hydrogen-bond acceptors (Lipinski definition) is 3. The number of aromatic nitrogens is 2. The monoisotopic (exact) mass is 348 g/mol. The molecule has 0 bridgehead atoms. The molecule has 4 aromatic rings. The summed E-state index contributed by atoms with van der Waals surface area (Å²) in [5, 5.41) is 11.6. The van der Waals surface area contributed by atoms with Gasteiger partial charge in [-0.1, -0.05) is 36.4 Å². The Morgan fingerprint density at radius 3 is 2.64 bits per heavy atom. The first-order valence-electron chi connectivity index (χ1n) is 8.03. The van der Waals surface area contributed by atoms with Gasteiger partial charge in [0.25, 0.3) is 0 Å². The van der Waals surface area contributed by atoms with E-state index in [0.717, 1.165) is 12.0 Å². The molecule has 0 aliphatic rings. The van der Waals surface area contributed by atoms with Gasteiger partial charge in [0.2, 0.25) is 0 Å². The van der Waals surface area contributed by atoms with Crippen molar-refractivity contribution in [1.29, 1.82) is 0 Å². The van der Waals surface area contributed by atoms with Crippen LogP contribution in [0.15, 0.2) is 66.3 Å². The summed E-state index contributed by atoms with van der Waals surface area (Å²) in [4.78, 5) is 17.1. The van der Waals surface area contributed by atoms with Crippen molar-refractivity contribution in [3.05, 3.63) is 83.1 Å². The number of nitrogens with zero attached hydrogens (tertiary/aromatic N) is 2. The predicted molar refractivity (Wildman–Crippen MR) is 99.3 cm³/mol. The van der Waals surface area contributed by atoms with Gasteiger partial charge >= 0.3 is 5.97 Å². The summed E-state index contributed by atoms with van der Waals surface area (Å²) in [6.45, 7) is 0. The molecule has 3 heterocycles. The fraction of sp³-hybridized carbons (Fsp3) is 0.100. The standard InChI is InChI=1S/C20H16N2O2S/c23-20(24)19-16(9-10-18-21-11-12-22(18)19)8-5-14-3-6-15(7-4-14)17-2-1-13-25-17/h1-4,6-7,9-13H,5,8H2,(H,23,24). The first kappa shape index (κ1) is 15.6. The average molecular weight is 348 g/mol. The number of fused-ring (bicyclic) bond motifs is 1. The van der Waals surface area contributed by atoms with Crippen LogP contribution in [0.25, 0.3) is 16.1 Å². The third-order valence-corrected chi connectivity index (χ3v) is 5.21. The molecule has 0 atom stereocenters. The third kappa shape index (κ3) is 3.06. The van der Waals surface area contributed by atoms with Crippen LogP contribution >= 0.6 is 11.3 Å². The molecule has 25 heavy (non-hydrogen) atoms. The molecule has 1 N–H and O–H groups in total. The molecule has 0 unspecified atom stereocenters. The number of hydrogen-bond donors (Lipinski definition) is 1. The quantitative estimate of drug-likeness (QED) is 0.576. The van der Waals surface area contributed by atoms with Crippen molar-refractivity contribution >= 4 is 23.0 Å². The number of thiophene rings is 1. The Balaban J connectivity index is 1.56. The SMILES string of the molecule is O=C(O)c1c(CCc2ccc(-c3cccs3)cc2)ccc2nccn12. The molecule has 1 aromatic carbocycles. The fourth-order valence-electron chi connectivity index (χ4n) is 3.04. The smallest absolute Gasteiger partial charge is 0.353 e. The average Bonchev–Trinajstić information content (AvgIpc) is 3.31. The van der Waals surface area contributed by atoms with Crippen molar-refractivity contribution in [3.8, 4) is 10.4 Å². The number of carbonyl (C=O) groups is 1. The van der Waals surface area contributed by atoms with Gasteiger partial charge in [-0.05, 0) is 47.0 Å². The van der Waals surface area contributed by atoms with Crippen LogP contribution in [0, 0.1) is 0 Å². The zero-order valence-electron chi connectivity index (χ0n) is 13.4. The summed E-state index contributed by atoms with van der Waals surface area (Å²) >= 11 is 1.73. The number of benzene rings is 1. The maximum Gasteiger partial charge on any atom is 0.353 e. The van der Waals surface area contributed by atoms with E-state index < -0.39 is 5.97 Å². The van der Waals surface area contributed by atoms with Gasteiger partial charge in [-0.15, -0.1) is 11.3 Å². The van der Waals surface area contributed by atoms with Crippen LogP contribution in [0.2, 0.25) is 0 Å². The minimum absolute atomic E-state index is 0.296. The molecule has 4 rings (SSSR count). The lowest BCUT2D eigenvalue weighted by molar-refractivity contribution is 0.0687. The molecule has 3 aromatic heterocycles. The summed E-state index contributed by atoms with van der Waals surface area (Å²) in [6.07, 6.45) is 4.78. The van der Waals surface area contributed by atoms with E-state index in [4.69, 9.17) is 0 Å². The minimum atomic E-state index is -0.924. The Bertz CT molecular complexity index is 1020. The van der Waals surface area contributed by atoms with E-state index in [-0.39, 0.29) is 0 Å². The summed E-state index contributed by atoms with van der Waals surface area (Å²) in [5.41, 5.74) is 4.18. The summed E-state index contributed by atoms with van der Waals surface area (Å²) in [6, 6.07) is 16.4. The number of carboxylic acids is 1. The van der Waals surface area contributed by atoms with Gasteiger partial charge in [-0.3, -0.25) is 4.40 Å². The van der Waals surface area contributed by atoms with Crippen molar-refractivity contribution in [1.82, 2.24) is 9.38 Å². The van der Waals surface area contributed by atoms with Gasteiger partial charge in [0.05, 0.1) is 0 Å². The molecule has 0 radical (unpaired) electrons. The van der Waals surface area contributed by atoms with E-state index in [1.807, 2.05) is 18.2 Å². The second-order valence-electron chi connectivity index (χ2n) is 5.84. The lowest BCUT2D eigenvalue weighted by Crippen LogP contribution is -2.10. The van der Waals surface area contributed by atoms with Gasteiger partial charge in [-0.2, -0.15) is 0 Å². The molecule has 0 spiro atoms. The zero-order chi connectivity index (χ0) is 17.2. The number of carboxylic acid groups (broad SMARTS) is 1. The Morgan fingerprint density at radius 2 is 1.92 bits per heavy atom. The normalized spacial score (nSPS) is 11.0. The Kier molecular flexibility index (Phi) is 4.07. The first-order chi connectivity index (χ1) is 12.2. The largest absolute Gasteiger partial charge is 0.477 e. The summed E-state index contributed by atoms with van der Waals surface area (Å²) < 4.78 is 1.64. The lowest BCUT2D eigenvalue weighted by atomic mass is 10.0. The Morgan fingerprint density at radius 1 is 1.08 bits per heavy atom. The maximum absolute atomic E-state index is 11.7. The van der Waals surface area contributed by atoms with Crippen molar-refractivity contribution in [2.24, 2.45) is 0 Å². The first-order valence-corrected chi connectivity index (χ1v) is 8.91. The molecular formula is C20H16N2O2S. The van der Waals surface area contributed by atoms with E-state index in [2.05, 4.69) is 40.7 Å². The Hall–Kier alpha value is -2.92. The van der Waals surface area contributed by atoms with E-state index in [1.165, 1.54) is 16.0 Å². The van der Waals surface area contributed by atoms with Crippen molar-refractivity contribution in [2.75, 3.05) is 0 Å². The van der Waals surface area contributed by atoms with Crippen molar-refractivity contribution in [2.45, 2.75) is 12.8 Å². The van der Waals surface area contributed by atoms with Crippen LogP contribution in [-0.4, -0.2) is 20.5 Å². The van der Waals surface area contributed by atoms with E-state index in [0.29, 0.717) is 17.8 Å². The molecule has 0 aliphatic heterocycles. The molecule has 0 saturated carbocycles. The van der Waals surface area contributed by atoms with E-state index in [1.54, 1.807) is 28.1 Å². The van der Waals surface area contributed by atoms with Crippen LogP contribution in [0.4, 0.5) is 0 Å². The van der Waals surface area contributed by atoms with Gasteiger partial charge < -0.3 is 5.11 Å². The fourth-order valence-corrected chi connectivity index (χ4v) is 3.77. The third-order valence-electron chi connectivity index (χ3n) is 4.29. The van der Waals surface area contributed by atoms with Crippen LogP contribution in [0.3, 0.4) is 0 Å². The second kappa shape index (κ2) is 6.53. The Labute approximate surface area is 149 Å². The predicted octanol–water partition coefficient (Wildman–Crippen LogP) is 4.55. The number of aryl methyl sites for hydroxylation is 2. The molecule has 0 aliphatic carbocycles. The van der Waals surface area contributed by atoms with Crippen LogP contribution < -0.4 is 0 Å².